The number of likely N-dealkylation sites (tertiary alicyclic amines) is 1. The minimum atomic E-state index is -0.976. The molecule has 4 aromatic rings. The van der Waals surface area contributed by atoms with E-state index < -0.39 is 18.3 Å². The number of hydrogen-bond acceptors (Lipinski definition) is 7. The molecule has 1 saturated heterocycles. The molecule has 3 atom stereocenters. The van der Waals surface area contributed by atoms with Crippen LogP contribution in [0.15, 0.2) is 113 Å². The first-order chi connectivity index (χ1) is 23.0. The van der Waals surface area contributed by atoms with E-state index in [1.54, 1.807) is 23.5 Å². The largest absolute Gasteiger partial charge is 0.494 e. The van der Waals surface area contributed by atoms with E-state index in [1.807, 2.05) is 42.8 Å². The van der Waals surface area contributed by atoms with Crippen molar-refractivity contribution < 1.29 is 28.8 Å². The lowest BCUT2D eigenvalue weighted by Gasteiger charge is -2.42. The summed E-state index contributed by atoms with van der Waals surface area (Å²) >= 11 is 3.38. The molecule has 7 nitrogen and oxygen atoms in total. The topological polar surface area (TPSA) is 77.5 Å². The second-order valence-corrected chi connectivity index (χ2v) is 13.2. The van der Waals surface area contributed by atoms with Gasteiger partial charge in [0.25, 0.3) is 0 Å². The quantitative estimate of drug-likeness (QED) is 0.0940. The minimum Gasteiger partial charge on any atom is -0.494 e. The molecule has 4 aromatic carbocycles. The van der Waals surface area contributed by atoms with Crippen molar-refractivity contribution in [1.29, 1.82) is 0 Å². The van der Waals surface area contributed by atoms with Crippen molar-refractivity contribution in [2.24, 2.45) is 0 Å². The molecule has 1 amide bonds. The third kappa shape index (κ3) is 10.5. The number of carboxylic acid groups (broad SMARTS) is 1. The first-order valence-electron chi connectivity index (χ1n) is 15.8. The predicted molar refractivity (Wildman–Crippen MR) is 189 cm³/mol. The molecule has 0 aromatic heterocycles. The number of carbonyl (C=O) groups is 1. The zero-order valence-corrected chi connectivity index (χ0v) is 28.6. The molecule has 9 heteroatoms. The van der Waals surface area contributed by atoms with Gasteiger partial charge in [-0.25, -0.2) is 4.79 Å². The summed E-state index contributed by atoms with van der Waals surface area (Å²) in [5, 5.41) is 10.0. The monoisotopic (exact) mass is 673 g/mol. The molecular weight excluding hydrogens is 631 g/mol. The number of ether oxygens (including phenoxy) is 4. The van der Waals surface area contributed by atoms with Crippen LogP contribution in [0.4, 0.5) is 4.79 Å². The number of rotatable bonds is 16. The average molecular weight is 674 g/mol. The molecule has 1 heterocycles. The number of thioether (sulfide) groups is 2. The van der Waals surface area contributed by atoms with Gasteiger partial charge in [-0.15, -0.1) is 23.5 Å². The third-order valence-electron chi connectivity index (χ3n) is 8.20. The van der Waals surface area contributed by atoms with Gasteiger partial charge in [0.2, 0.25) is 0 Å². The van der Waals surface area contributed by atoms with Gasteiger partial charge in [0, 0.05) is 22.1 Å². The van der Waals surface area contributed by atoms with E-state index in [0.717, 1.165) is 34.4 Å². The number of piperidine rings is 1. The summed E-state index contributed by atoms with van der Waals surface area (Å²) < 4.78 is 24.9. The fraction of sp³-hybridized carbons (Fsp3) is 0.342. The Balaban J connectivity index is 1.26. The fourth-order valence-corrected chi connectivity index (χ4v) is 6.44. The van der Waals surface area contributed by atoms with Crippen LogP contribution in [-0.4, -0.2) is 67.1 Å². The second-order valence-electron chi connectivity index (χ2n) is 11.4. The Morgan fingerprint density at radius 3 is 1.74 bits per heavy atom. The third-order valence-corrected chi connectivity index (χ3v) is 9.68. The van der Waals surface area contributed by atoms with Gasteiger partial charge >= 0.3 is 6.09 Å². The maximum atomic E-state index is 12.2. The molecule has 0 bridgehead atoms. The molecule has 0 spiro atoms. The van der Waals surface area contributed by atoms with Gasteiger partial charge in [0.1, 0.15) is 5.75 Å². The summed E-state index contributed by atoms with van der Waals surface area (Å²) in [5.74, 6) is 0.597. The van der Waals surface area contributed by atoms with Gasteiger partial charge in [0.05, 0.1) is 58.3 Å². The zero-order chi connectivity index (χ0) is 32.8. The van der Waals surface area contributed by atoms with Crippen LogP contribution in [0, 0.1) is 0 Å². The smallest absolute Gasteiger partial charge is 0.407 e. The van der Waals surface area contributed by atoms with E-state index in [4.69, 9.17) is 18.9 Å². The molecule has 1 aliphatic heterocycles. The van der Waals surface area contributed by atoms with Crippen molar-refractivity contribution in [3.8, 4) is 5.75 Å². The van der Waals surface area contributed by atoms with Gasteiger partial charge in [-0.1, -0.05) is 66.7 Å². The number of nitrogens with zero attached hydrogens (tertiary/aromatic N) is 1. The first-order valence-corrected chi connectivity index (χ1v) is 18.3. The maximum Gasteiger partial charge on any atom is 0.407 e. The second kappa shape index (κ2) is 18.2. The van der Waals surface area contributed by atoms with Crippen LogP contribution in [0.1, 0.15) is 34.6 Å². The van der Waals surface area contributed by atoms with E-state index in [-0.39, 0.29) is 19.0 Å². The van der Waals surface area contributed by atoms with E-state index in [1.165, 1.54) is 14.7 Å². The van der Waals surface area contributed by atoms with Gasteiger partial charge in [-0.05, 0) is 71.2 Å². The van der Waals surface area contributed by atoms with Crippen LogP contribution in [0.25, 0.3) is 0 Å². The summed E-state index contributed by atoms with van der Waals surface area (Å²) in [6, 6.07) is 34.7. The molecule has 1 aliphatic rings. The van der Waals surface area contributed by atoms with Crippen molar-refractivity contribution in [3.05, 3.63) is 125 Å². The molecule has 0 unspecified atom stereocenters. The summed E-state index contributed by atoms with van der Waals surface area (Å²) in [5.41, 5.74) is 4.26. The van der Waals surface area contributed by atoms with Crippen LogP contribution >= 0.6 is 23.5 Å². The summed E-state index contributed by atoms with van der Waals surface area (Å²) in [6.07, 6.45) is 3.09. The van der Waals surface area contributed by atoms with Crippen molar-refractivity contribution in [2.75, 3.05) is 38.8 Å². The highest BCUT2D eigenvalue weighted by atomic mass is 32.2. The molecule has 1 N–H and O–H groups in total. The number of amides is 1. The van der Waals surface area contributed by atoms with Crippen molar-refractivity contribution in [1.82, 2.24) is 4.90 Å². The van der Waals surface area contributed by atoms with E-state index in [0.29, 0.717) is 33.0 Å². The summed E-state index contributed by atoms with van der Waals surface area (Å²) in [4.78, 5) is 16.0. The molecule has 0 radical (unpaired) electrons. The highest BCUT2D eigenvalue weighted by Crippen LogP contribution is 2.35. The van der Waals surface area contributed by atoms with Crippen LogP contribution < -0.4 is 4.74 Å². The molecule has 0 saturated carbocycles. The Morgan fingerprint density at radius 2 is 1.23 bits per heavy atom. The Labute approximate surface area is 286 Å². The molecule has 248 valence electrons. The SMILES string of the molecule is CSc1ccc(CO[C@H]2CN(C(=O)O)C[C@@H](OCc3ccc(SC)cc3)[C@H]2c2ccc(OCCCOCc3ccccc3)cc2)cc1. The lowest BCUT2D eigenvalue weighted by molar-refractivity contribution is -0.0937. The van der Waals surface area contributed by atoms with Crippen LogP contribution in [-0.2, 0) is 34.0 Å². The highest BCUT2D eigenvalue weighted by molar-refractivity contribution is 7.98. The van der Waals surface area contributed by atoms with Crippen molar-refractivity contribution >= 4 is 29.6 Å². The molecule has 1 fully saturated rings. The van der Waals surface area contributed by atoms with Crippen LogP contribution in [0.5, 0.6) is 5.75 Å². The van der Waals surface area contributed by atoms with Gasteiger partial charge in [0.15, 0.2) is 0 Å². The van der Waals surface area contributed by atoms with E-state index in [9.17, 15) is 9.90 Å². The Morgan fingerprint density at radius 1 is 0.702 bits per heavy atom. The van der Waals surface area contributed by atoms with Gasteiger partial charge < -0.3 is 29.0 Å². The normalized spacial score (nSPS) is 17.8. The lowest BCUT2D eigenvalue weighted by atomic mass is 9.84. The summed E-state index contributed by atoms with van der Waals surface area (Å²) in [7, 11) is 0. The molecule has 5 rings (SSSR count). The van der Waals surface area contributed by atoms with Crippen LogP contribution in [0.2, 0.25) is 0 Å². The Hall–Kier alpha value is -3.47. The van der Waals surface area contributed by atoms with Gasteiger partial charge in [-0.3, -0.25) is 0 Å². The number of benzene rings is 4. The predicted octanol–water partition coefficient (Wildman–Crippen LogP) is 8.36. The molecular formula is C38H43NO6S2. The first kappa shape index (κ1) is 34.9. The molecule has 0 aliphatic carbocycles. The zero-order valence-electron chi connectivity index (χ0n) is 27.0. The van der Waals surface area contributed by atoms with E-state index in [2.05, 4.69) is 72.8 Å². The van der Waals surface area contributed by atoms with Crippen molar-refractivity contribution in [2.45, 2.75) is 54.2 Å². The van der Waals surface area contributed by atoms with Gasteiger partial charge in [-0.2, -0.15) is 0 Å². The standard InChI is InChI=1S/C38H43NO6S2/c1-46-33-17-9-29(10-18-33)26-44-35-23-39(38(40)41)24-36(45-27-30-11-19-34(47-2)20-12-30)37(35)31-13-15-32(16-14-31)43-22-6-21-42-25-28-7-4-3-5-8-28/h3-5,7-20,35-37H,6,21-27H2,1-2H3,(H,40,41)/t35-,36+,37-. The maximum absolute atomic E-state index is 12.2. The minimum absolute atomic E-state index is 0.179. The Kier molecular flexibility index (Phi) is 13.5. The average Bonchev–Trinajstić information content (AvgIpc) is 3.12. The summed E-state index contributed by atoms with van der Waals surface area (Å²) in [6.45, 7) is 3.02. The highest BCUT2D eigenvalue weighted by Gasteiger charge is 2.41. The number of hydrogen-bond donors (Lipinski definition) is 1. The lowest BCUT2D eigenvalue weighted by Crippen LogP contribution is -2.54. The van der Waals surface area contributed by atoms with Crippen molar-refractivity contribution in [3.63, 3.8) is 0 Å². The fourth-order valence-electron chi connectivity index (χ4n) is 5.63. The molecule has 47 heavy (non-hydrogen) atoms. The Bertz CT molecular complexity index is 1440. The van der Waals surface area contributed by atoms with Crippen LogP contribution in [0.3, 0.4) is 0 Å². The van der Waals surface area contributed by atoms with E-state index >= 15 is 0 Å².